The summed E-state index contributed by atoms with van der Waals surface area (Å²) in [6.45, 7) is 8.13. The molecule has 0 spiro atoms. The third-order valence-electron chi connectivity index (χ3n) is 2.41. The topological polar surface area (TPSA) is 58.2 Å². The molecule has 0 fully saturated rings. The van der Waals surface area contributed by atoms with Crippen molar-refractivity contribution in [2.24, 2.45) is 5.92 Å². The Morgan fingerprint density at radius 3 is 2.37 bits per heavy atom. The van der Waals surface area contributed by atoms with Crippen LogP contribution in [0.5, 0.6) is 0 Å². The molecule has 0 aliphatic rings. The smallest absolute Gasteiger partial charge is 0.251 e. The van der Waals surface area contributed by atoms with Gasteiger partial charge in [-0.1, -0.05) is 39.8 Å². The highest BCUT2D eigenvalue weighted by atomic mass is 16.2. The van der Waals surface area contributed by atoms with Gasteiger partial charge in [-0.05, 0) is 17.7 Å². The van der Waals surface area contributed by atoms with E-state index in [1.807, 2.05) is 33.8 Å². The lowest BCUT2D eigenvalue weighted by atomic mass is 10.1. The first-order valence-electron chi connectivity index (χ1n) is 6.63. The zero-order valence-corrected chi connectivity index (χ0v) is 12.4. The summed E-state index contributed by atoms with van der Waals surface area (Å²) in [7, 11) is 1.59. The van der Waals surface area contributed by atoms with E-state index in [2.05, 4.69) is 10.6 Å². The number of hydrogen-bond acceptors (Lipinski definition) is 2. The molecule has 0 saturated heterocycles. The van der Waals surface area contributed by atoms with Gasteiger partial charge in [0.15, 0.2) is 0 Å². The Balaban J connectivity index is 0.00000154. The third kappa shape index (κ3) is 6.04. The second-order valence-electron chi connectivity index (χ2n) is 4.15. The summed E-state index contributed by atoms with van der Waals surface area (Å²) in [5, 5.41) is 5.38. The van der Waals surface area contributed by atoms with E-state index in [4.69, 9.17) is 0 Å². The summed E-state index contributed by atoms with van der Waals surface area (Å²) in [6, 6.07) is 7.21. The number of hydrogen-bond donors (Lipinski definition) is 2. The molecule has 0 bridgehead atoms. The number of rotatable bonds is 4. The summed E-state index contributed by atoms with van der Waals surface area (Å²) in [4.78, 5) is 22.8. The van der Waals surface area contributed by atoms with Crippen LogP contribution in [0.1, 0.15) is 43.6 Å². The average Bonchev–Trinajstić information content (AvgIpc) is 2.46. The van der Waals surface area contributed by atoms with Gasteiger partial charge in [0.2, 0.25) is 5.91 Å². The van der Waals surface area contributed by atoms with Gasteiger partial charge in [-0.3, -0.25) is 9.59 Å². The molecular weight excluding hydrogens is 240 g/mol. The van der Waals surface area contributed by atoms with Gasteiger partial charge in [0, 0.05) is 25.1 Å². The van der Waals surface area contributed by atoms with E-state index in [0.29, 0.717) is 12.1 Å². The van der Waals surface area contributed by atoms with E-state index in [-0.39, 0.29) is 17.7 Å². The highest BCUT2D eigenvalue weighted by Gasteiger charge is 2.07. The van der Waals surface area contributed by atoms with Crippen molar-refractivity contribution in [2.75, 3.05) is 7.05 Å². The molecule has 0 saturated carbocycles. The SMILES string of the molecule is CC.CNC(=O)c1cccc(CNC(=O)C(C)C)c1. The van der Waals surface area contributed by atoms with Crippen molar-refractivity contribution in [1.82, 2.24) is 10.6 Å². The molecule has 1 aromatic carbocycles. The lowest BCUT2D eigenvalue weighted by Gasteiger charge is -2.08. The third-order valence-corrected chi connectivity index (χ3v) is 2.41. The van der Waals surface area contributed by atoms with Crippen LogP contribution in [-0.2, 0) is 11.3 Å². The molecule has 0 radical (unpaired) electrons. The van der Waals surface area contributed by atoms with Gasteiger partial charge in [-0.25, -0.2) is 0 Å². The van der Waals surface area contributed by atoms with Crippen LogP contribution in [0.25, 0.3) is 0 Å². The number of amides is 2. The normalized spacial score (nSPS) is 9.37. The van der Waals surface area contributed by atoms with Gasteiger partial charge in [-0.15, -0.1) is 0 Å². The van der Waals surface area contributed by atoms with Gasteiger partial charge in [-0.2, -0.15) is 0 Å². The van der Waals surface area contributed by atoms with E-state index in [1.54, 1.807) is 25.2 Å². The van der Waals surface area contributed by atoms with Crippen LogP contribution in [0.4, 0.5) is 0 Å². The molecule has 0 atom stereocenters. The fraction of sp³-hybridized carbons (Fsp3) is 0.467. The van der Waals surface area contributed by atoms with Crippen molar-refractivity contribution >= 4 is 11.8 Å². The van der Waals surface area contributed by atoms with Gasteiger partial charge >= 0.3 is 0 Å². The fourth-order valence-corrected chi connectivity index (χ4v) is 1.36. The Kier molecular flexibility index (Phi) is 8.25. The Bertz CT molecular complexity index is 414. The molecule has 0 unspecified atom stereocenters. The second kappa shape index (κ2) is 9.14. The van der Waals surface area contributed by atoms with Crippen LogP contribution in [0.3, 0.4) is 0 Å². The zero-order valence-electron chi connectivity index (χ0n) is 12.4. The number of carbonyl (C=O) groups excluding carboxylic acids is 2. The maximum atomic E-state index is 11.4. The molecular formula is C15H24N2O2. The summed E-state index contributed by atoms with van der Waals surface area (Å²) >= 11 is 0. The van der Waals surface area contributed by atoms with Crippen molar-refractivity contribution in [3.8, 4) is 0 Å². The standard InChI is InChI=1S/C13H18N2O2.C2H6/c1-9(2)12(16)15-8-10-5-4-6-11(7-10)13(17)14-3;1-2/h4-7,9H,8H2,1-3H3,(H,14,17)(H,15,16);1-2H3. The molecule has 0 heterocycles. The minimum absolute atomic E-state index is 0.00958. The zero-order chi connectivity index (χ0) is 14.8. The van der Waals surface area contributed by atoms with Gasteiger partial charge < -0.3 is 10.6 Å². The molecule has 2 N–H and O–H groups in total. The van der Waals surface area contributed by atoms with E-state index < -0.39 is 0 Å². The predicted octanol–water partition coefficient (Wildman–Crippen LogP) is 2.34. The van der Waals surface area contributed by atoms with Crippen LogP contribution in [0.2, 0.25) is 0 Å². The second-order valence-corrected chi connectivity index (χ2v) is 4.15. The highest BCUT2D eigenvalue weighted by molar-refractivity contribution is 5.94. The molecule has 4 heteroatoms. The Morgan fingerprint density at radius 2 is 1.84 bits per heavy atom. The Labute approximate surface area is 115 Å². The lowest BCUT2D eigenvalue weighted by molar-refractivity contribution is -0.124. The average molecular weight is 264 g/mol. The Hall–Kier alpha value is -1.84. The summed E-state index contributed by atoms with van der Waals surface area (Å²) in [5.74, 6) is -0.144. The van der Waals surface area contributed by atoms with Crippen molar-refractivity contribution in [3.05, 3.63) is 35.4 Å². The van der Waals surface area contributed by atoms with Crippen LogP contribution in [-0.4, -0.2) is 18.9 Å². The molecule has 2 amide bonds. The molecule has 0 aromatic heterocycles. The molecule has 0 aliphatic carbocycles. The number of carbonyl (C=O) groups is 2. The van der Waals surface area contributed by atoms with Crippen molar-refractivity contribution in [1.29, 1.82) is 0 Å². The lowest BCUT2D eigenvalue weighted by Crippen LogP contribution is -2.27. The first kappa shape index (κ1) is 17.2. The molecule has 0 aliphatic heterocycles. The Morgan fingerprint density at radius 1 is 1.21 bits per heavy atom. The molecule has 1 rings (SSSR count). The van der Waals surface area contributed by atoms with Crippen molar-refractivity contribution in [3.63, 3.8) is 0 Å². The minimum Gasteiger partial charge on any atom is -0.355 e. The van der Waals surface area contributed by atoms with Crippen molar-refractivity contribution < 1.29 is 9.59 Å². The van der Waals surface area contributed by atoms with Crippen molar-refractivity contribution in [2.45, 2.75) is 34.2 Å². The van der Waals surface area contributed by atoms with E-state index >= 15 is 0 Å². The van der Waals surface area contributed by atoms with E-state index in [1.165, 1.54) is 0 Å². The molecule has 1 aromatic rings. The first-order chi connectivity index (χ1) is 9.04. The van der Waals surface area contributed by atoms with Crippen LogP contribution >= 0.6 is 0 Å². The first-order valence-corrected chi connectivity index (χ1v) is 6.63. The summed E-state index contributed by atoms with van der Waals surface area (Å²) in [6.07, 6.45) is 0. The van der Waals surface area contributed by atoms with E-state index in [0.717, 1.165) is 5.56 Å². The summed E-state index contributed by atoms with van der Waals surface area (Å²) in [5.41, 5.74) is 1.52. The quantitative estimate of drug-likeness (QED) is 0.877. The molecule has 19 heavy (non-hydrogen) atoms. The minimum atomic E-state index is -0.123. The number of benzene rings is 1. The maximum absolute atomic E-state index is 11.4. The van der Waals surface area contributed by atoms with Gasteiger partial charge in [0.1, 0.15) is 0 Å². The largest absolute Gasteiger partial charge is 0.355 e. The summed E-state index contributed by atoms with van der Waals surface area (Å²) < 4.78 is 0. The van der Waals surface area contributed by atoms with Crippen LogP contribution in [0, 0.1) is 5.92 Å². The fourth-order valence-electron chi connectivity index (χ4n) is 1.36. The molecule has 4 nitrogen and oxygen atoms in total. The maximum Gasteiger partial charge on any atom is 0.251 e. The number of nitrogens with one attached hydrogen (secondary N) is 2. The predicted molar refractivity (Wildman–Crippen MR) is 77.9 cm³/mol. The monoisotopic (exact) mass is 264 g/mol. The highest BCUT2D eigenvalue weighted by Crippen LogP contribution is 2.05. The van der Waals surface area contributed by atoms with Crippen LogP contribution in [0.15, 0.2) is 24.3 Å². The van der Waals surface area contributed by atoms with Gasteiger partial charge in [0.05, 0.1) is 0 Å². The van der Waals surface area contributed by atoms with Crippen LogP contribution < -0.4 is 10.6 Å². The molecule has 106 valence electrons. The van der Waals surface area contributed by atoms with E-state index in [9.17, 15) is 9.59 Å². The van der Waals surface area contributed by atoms with Gasteiger partial charge in [0.25, 0.3) is 5.91 Å².